The summed E-state index contributed by atoms with van der Waals surface area (Å²) in [7, 11) is 4.04. The van der Waals surface area contributed by atoms with Gasteiger partial charge in [0.2, 0.25) is 0 Å². The standard InChI is InChI=1S/C10H17NO/c1-9(5-7-11(3)4)10(2)6-8-12/h6,8H,1,5,7H2,2-4H3/b10-6-. The van der Waals surface area contributed by atoms with Gasteiger partial charge < -0.3 is 4.90 Å². The molecular formula is C10H17NO. The van der Waals surface area contributed by atoms with Crippen LogP contribution in [0.5, 0.6) is 0 Å². The van der Waals surface area contributed by atoms with Gasteiger partial charge in [0.25, 0.3) is 0 Å². The van der Waals surface area contributed by atoms with Crippen molar-refractivity contribution in [3.63, 3.8) is 0 Å². The third-order valence-electron chi connectivity index (χ3n) is 1.74. The van der Waals surface area contributed by atoms with Crippen molar-refractivity contribution in [3.8, 4) is 0 Å². The number of carbonyl (C=O) groups excluding carboxylic acids is 1. The highest BCUT2D eigenvalue weighted by Crippen LogP contribution is 2.09. The summed E-state index contributed by atoms with van der Waals surface area (Å²) in [6, 6.07) is 0. The molecular weight excluding hydrogens is 150 g/mol. The zero-order chi connectivity index (χ0) is 9.56. The zero-order valence-electron chi connectivity index (χ0n) is 8.13. The normalized spacial score (nSPS) is 11.8. The summed E-state index contributed by atoms with van der Waals surface area (Å²) in [5.41, 5.74) is 2.02. The Morgan fingerprint density at radius 1 is 1.50 bits per heavy atom. The summed E-state index contributed by atoms with van der Waals surface area (Å²) in [6.45, 7) is 6.78. The smallest absolute Gasteiger partial charge is 0.143 e. The lowest BCUT2D eigenvalue weighted by atomic mass is 10.1. The molecule has 0 aliphatic heterocycles. The maximum atomic E-state index is 10.1. The van der Waals surface area contributed by atoms with Crippen LogP contribution in [0.25, 0.3) is 0 Å². The van der Waals surface area contributed by atoms with Crippen LogP contribution in [-0.2, 0) is 4.79 Å². The average molecular weight is 167 g/mol. The van der Waals surface area contributed by atoms with Crippen LogP contribution in [0.4, 0.5) is 0 Å². The maximum absolute atomic E-state index is 10.1. The van der Waals surface area contributed by atoms with Gasteiger partial charge in [-0.3, -0.25) is 4.79 Å². The number of allylic oxidation sites excluding steroid dienone is 2. The number of hydrogen-bond donors (Lipinski definition) is 0. The molecule has 2 heteroatoms. The van der Waals surface area contributed by atoms with Gasteiger partial charge in [0.05, 0.1) is 0 Å². The van der Waals surface area contributed by atoms with Gasteiger partial charge in [-0.1, -0.05) is 12.2 Å². The van der Waals surface area contributed by atoms with Gasteiger partial charge in [-0.2, -0.15) is 0 Å². The molecule has 0 bridgehead atoms. The summed E-state index contributed by atoms with van der Waals surface area (Å²) in [4.78, 5) is 12.2. The molecule has 0 saturated carbocycles. The van der Waals surface area contributed by atoms with Crippen LogP contribution in [0.2, 0.25) is 0 Å². The molecule has 0 amide bonds. The predicted octanol–water partition coefficient (Wildman–Crippen LogP) is 1.64. The Hall–Kier alpha value is -0.890. The Bertz CT molecular complexity index is 192. The fourth-order valence-electron chi connectivity index (χ4n) is 0.776. The molecule has 0 unspecified atom stereocenters. The Labute approximate surface area is 74.6 Å². The minimum atomic E-state index is 0.802. The fraction of sp³-hybridized carbons (Fsp3) is 0.500. The molecule has 0 saturated heterocycles. The first-order valence-corrected chi connectivity index (χ1v) is 4.03. The first kappa shape index (κ1) is 11.1. The summed E-state index contributed by atoms with van der Waals surface area (Å²) in [5, 5.41) is 0. The van der Waals surface area contributed by atoms with E-state index in [1.165, 1.54) is 0 Å². The quantitative estimate of drug-likeness (QED) is 0.352. The van der Waals surface area contributed by atoms with Crippen LogP contribution in [-0.4, -0.2) is 31.8 Å². The van der Waals surface area contributed by atoms with E-state index in [1.54, 1.807) is 6.08 Å². The van der Waals surface area contributed by atoms with E-state index in [4.69, 9.17) is 0 Å². The minimum Gasteiger partial charge on any atom is -0.309 e. The van der Waals surface area contributed by atoms with E-state index in [2.05, 4.69) is 11.5 Å². The third kappa shape index (κ3) is 4.85. The molecule has 0 aromatic carbocycles. The molecule has 2 nitrogen and oxygen atoms in total. The molecule has 0 heterocycles. The number of rotatable bonds is 5. The summed E-state index contributed by atoms with van der Waals surface area (Å²) in [5.74, 6) is 0. The van der Waals surface area contributed by atoms with Crippen molar-refractivity contribution in [1.29, 1.82) is 0 Å². The average Bonchev–Trinajstić information content (AvgIpc) is 2.00. The second-order valence-corrected chi connectivity index (χ2v) is 3.14. The minimum absolute atomic E-state index is 0.802. The largest absolute Gasteiger partial charge is 0.309 e. The summed E-state index contributed by atoms with van der Waals surface area (Å²) >= 11 is 0. The van der Waals surface area contributed by atoms with Crippen molar-refractivity contribution >= 4 is 6.29 Å². The lowest BCUT2D eigenvalue weighted by molar-refractivity contribution is -0.104. The molecule has 0 aliphatic carbocycles. The van der Waals surface area contributed by atoms with E-state index in [9.17, 15) is 4.79 Å². The second kappa shape index (κ2) is 5.72. The molecule has 0 aromatic heterocycles. The SMILES string of the molecule is C=C(CCN(C)C)/C(C)=C\C=O. The van der Waals surface area contributed by atoms with Crippen molar-refractivity contribution in [2.24, 2.45) is 0 Å². The molecule has 0 aliphatic rings. The number of aldehydes is 1. The number of nitrogens with zero attached hydrogens (tertiary/aromatic N) is 1. The molecule has 0 N–H and O–H groups in total. The second-order valence-electron chi connectivity index (χ2n) is 3.14. The molecule has 0 rings (SSSR count). The number of hydrogen-bond acceptors (Lipinski definition) is 2. The molecule has 68 valence electrons. The first-order valence-electron chi connectivity index (χ1n) is 4.03. The molecule has 12 heavy (non-hydrogen) atoms. The highest BCUT2D eigenvalue weighted by Gasteiger charge is 1.97. The molecule has 0 radical (unpaired) electrons. The Kier molecular flexibility index (Phi) is 5.30. The summed E-state index contributed by atoms with van der Waals surface area (Å²) in [6.07, 6.45) is 3.28. The monoisotopic (exact) mass is 167 g/mol. The Morgan fingerprint density at radius 3 is 2.50 bits per heavy atom. The van der Waals surface area contributed by atoms with Crippen LogP contribution >= 0.6 is 0 Å². The van der Waals surface area contributed by atoms with Crippen molar-refractivity contribution < 1.29 is 4.79 Å². The fourth-order valence-corrected chi connectivity index (χ4v) is 0.776. The lowest BCUT2D eigenvalue weighted by Gasteiger charge is -2.10. The van der Waals surface area contributed by atoms with Gasteiger partial charge in [0.1, 0.15) is 6.29 Å². The molecule has 0 fully saturated rings. The van der Waals surface area contributed by atoms with Gasteiger partial charge in [-0.25, -0.2) is 0 Å². The van der Waals surface area contributed by atoms with Gasteiger partial charge >= 0.3 is 0 Å². The predicted molar refractivity (Wildman–Crippen MR) is 52.1 cm³/mol. The highest BCUT2D eigenvalue weighted by atomic mass is 16.1. The van der Waals surface area contributed by atoms with Crippen molar-refractivity contribution in [2.45, 2.75) is 13.3 Å². The molecule has 0 atom stereocenters. The van der Waals surface area contributed by atoms with Crippen molar-refractivity contribution in [3.05, 3.63) is 23.8 Å². The van der Waals surface area contributed by atoms with E-state index in [1.807, 2.05) is 21.0 Å². The van der Waals surface area contributed by atoms with Crippen molar-refractivity contribution in [2.75, 3.05) is 20.6 Å². The molecule has 0 spiro atoms. The van der Waals surface area contributed by atoms with Crippen LogP contribution in [0.15, 0.2) is 23.8 Å². The van der Waals surface area contributed by atoms with Gasteiger partial charge in [0.15, 0.2) is 0 Å². The van der Waals surface area contributed by atoms with Crippen LogP contribution in [0.1, 0.15) is 13.3 Å². The van der Waals surface area contributed by atoms with Crippen LogP contribution < -0.4 is 0 Å². The van der Waals surface area contributed by atoms with Gasteiger partial charge in [-0.05, 0) is 39.1 Å². The van der Waals surface area contributed by atoms with Gasteiger partial charge in [-0.15, -0.1) is 0 Å². The highest BCUT2D eigenvalue weighted by molar-refractivity contribution is 5.67. The lowest BCUT2D eigenvalue weighted by Crippen LogP contribution is -2.13. The van der Waals surface area contributed by atoms with Crippen LogP contribution in [0, 0.1) is 0 Å². The maximum Gasteiger partial charge on any atom is 0.143 e. The topological polar surface area (TPSA) is 20.3 Å². The zero-order valence-corrected chi connectivity index (χ0v) is 8.13. The van der Waals surface area contributed by atoms with Crippen molar-refractivity contribution in [1.82, 2.24) is 4.90 Å². The Balaban J connectivity index is 3.88. The van der Waals surface area contributed by atoms with Gasteiger partial charge in [0, 0.05) is 6.54 Å². The summed E-state index contributed by atoms with van der Waals surface area (Å²) < 4.78 is 0. The van der Waals surface area contributed by atoms with E-state index in [-0.39, 0.29) is 0 Å². The van der Waals surface area contributed by atoms with E-state index in [0.717, 1.165) is 30.4 Å². The number of carbonyl (C=O) groups is 1. The van der Waals surface area contributed by atoms with E-state index >= 15 is 0 Å². The van der Waals surface area contributed by atoms with E-state index < -0.39 is 0 Å². The molecule has 0 aromatic rings. The van der Waals surface area contributed by atoms with Crippen LogP contribution in [0.3, 0.4) is 0 Å². The first-order chi connectivity index (χ1) is 5.57. The Morgan fingerprint density at radius 2 is 2.08 bits per heavy atom. The van der Waals surface area contributed by atoms with E-state index in [0.29, 0.717) is 0 Å². The third-order valence-corrected chi connectivity index (χ3v) is 1.74.